The molecule has 0 aliphatic carbocycles. The molecule has 1 amide bonds. The van der Waals surface area contributed by atoms with Gasteiger partial charge in [0.15, 0.2) is 11.2 Å². The number of thiazole rings is 1. The maximum Gasteiger partial charge on any atom is 0.253 e. The summed E-state index contributed by atoms with van der Waals surface area (Å²) in [7, 11) is 0. The zero-order chi connectivity index (χ0) is 15.6. The number of rotatable bonds is 2. The lowest BCUT2D eigenvalue weighted by atomic mass is 10.2. The van der Waals surface area contributed by atoms with Crippen LogP contribution in [0.5, 0.6) is 0 Å². The quantitative estimate of drug-likeness (QED) is 0.818. The van der Waals surface area contributed by atoms with Crippen LogP contribution in [0.4, 0.5) is 5.13 Å². The van der Waals surface area contributed by atoms with Crippen LogP contribution in [0.15, 0.2) is 18.5 Å². The van der Waals surface area contributed by atoms with Gasteiger partial charge in [0.1, 0.15) is 5.52 Å². The van der Waals surface area contributed by atoms with Gasteiger partial charge in [-0.3, -0.25) is 9.78 Å². The first-order valence-corrected chi connectivity index (χ1v) is 9.72. The van der Waals surface area contributed by atoms with E-state index in [2.05, 4.69) is 14.9 Å². The van der Waals surface area contributed by atoms with E-state index in [1.165, 1.54) is 0 Å². The smallest absolute Gasteiger partial charge is 0.253 e. The van der Waals surface area contributed by atoms with E-state index in [1.807, 2.05) is 22.7 Å². The number of fused-ring (bicyclic) bond motifs is 1. The van der Waals surface area contributed by atoms with E-state index < -0.39 is 0 Å². The standard InChI is InChI=1S/C15H18N4O2S2/c20-14(18-4-7-22-8-5-18)12-10-19(3-6-21-12)15-17-11-9-16-2-1-13(11)23-15/h1-2,9,12H,3-8,10H2. The number of ether oxygens (including phenoxy) is 1. The Balaban J connectivity index is 1.48. The lowest BCUT2D eigenvalue weighted by Gasteiger charge is -2.35. The SMILES string of the molecule is O=C(C1CN(c2nc3cnccc3s2)CCO1)N1CCSCC1. The summed E-state index contributed by atoms with van der Waals surface area (Å²) in [6, 6.07) is 1.98. The Hall–Kier alpha value is -1.38. The largest absolute Gasteiger partial charge is 0.365 e. The Morgan fingerprint density at radius 3 is 3.00 bits per heavy atom. The Labute approximate surface area is 142 Å². The maximum atomic E-state index is 12.6. The highest BCUT2D eigenvalue weighted by Gasteiger charge is 2.32. The van der Waals surface area contributed by atoms with Crippen molar-refractivity contribution in [2.75, 3.05) is 49.2 Å². The van der Waals surface area contributed by atoms with Gasteiger partial charge in [-0.1, -0.05) is 11.3 Å². The summed E-state index contributed by atoms with van der Waals surface area (Å²) in [4.78, 5) is 25.5. The van der Waals surface area contributed by atoms with Gasteiger partial charge in [0.05, 0.1) is 24.0 Å². The van der Waals surface area contributed by atoms with Crippen molar-refractivity contribution in [2.24, 2.45) is 0 Å². The number of thioether (sulfide) groups is 1. The molecule has 2 aromatic rings. The van der Waals surface area contributed by atoms with Gasteiger partial charge in [-0.05, 0) is 6.07 Å². The van der Waals surface area contributed by atoms with Crippen molar-refractivity contribution in [1.29, 1.82) is 0 Å². The first kappa shape index (κ1) is 15.2. The fourth-order valence-electron chi connectivity index (χ4n) is 2.86. The summed E-state index contributed by atoms with van der Waals surface area (Å²) in [6.07, 6.45) is 3.19. The minimum Gasteiger partial charge on any atom is -0.365 e. The van der Waals surface area contributed by atoms with Crippen molar-refractivity contribution < 1.29 is 9.53 Å². The molecule has 122 valence electrons. The number of pyridine rings is 1. The van der Waals surface area contributed by atoms with E-state index in [0.717, 1.165) is 46.5 Å². The molecular formula is C15H18N4O2S2. The third kappa shape index (κ3) is 3.15. The van der Waals surface area contributed by atoms with Gasteiger partial charge in [0.2, 0.25) is 0 Å². The number of anilines is 1. The predicted molar refractivity (Wildman–Crippen MR) is 93.3 cm³/mol. The van der Waals surface area contributed by atoms with Crippen molar-refractivity contribution >= 4 is 44.4 Å². The first-order valence-electron chi connectivity index (χ1n) is 7.75. The van der Waals surface area contributed by atoms with Gasteiger partial charge >= 0.3 is 0 Å². The second-order valence-corrected chi connectivity index (χ2v) is 7.82. The number of amides is 1. The Bertz CT molecular complexity index is 669. The highest BCUT2D eigenvalue weighted by atomic mass is 32.2. The number of carbonyl (C=O) groups excluding carboxylic acids is 1. The molecule has 2 aliphatic heterocycles. The monoisotopic (exact) mass is 350 g/mol. The highest BCUT2D eigenvalue weighted by Crippen LogP contribution is 2.29. The van der Waals surface area contributed by atoms with E-state index in [1.54, 1.807) is 23.7 Å². The van der Waals surface area contributed by atoms with Gasteiger partial charge in [0.25, 0.3) is 5.91 Å². The van der Waals surface area contributed by atoms with Gasteiger partial charge in [-0.25, -0.2) is 4.98 Å². The van der Waals surface area contributed by atoms with E-state index in [0.29, 0.717) is 13.2 Å². The zero-order valence-corrected chi connectivity index (χ0v) is 14.3. The number of carbonyl (C=O) groups is 1. The molecule has 6 nitrogen and oxygen atoms in total. The van der Waals surface area contributed by atoms with Crippen LogP contribution in [0.3, 0.4) is 0 Å². The van der Waals surface area contributed by atoms with Crippen molar-refractivity contribution in [3.05, 3.63) is 18.5 Å². The van der Waals surface area contributed by atoms with Crippen LogP contribution < -0.4 is 4.90 Å². The third-order valence-electron chi connectivity index (χ3n) is 4.11. The molecule has 2 aliphatic rings. The molecule has 0 N–H and O–H groups in total. The van der Waals surface area contributed by atoms with Gasteiger partial charge in [-0.2, -0.15) is 11.8 Å². The molecule has 8 heteroatoms. The van der Waals surface area contributed by atoms with Crippen LogP contribution in [-0.4, -0.2) is 71.2 Å². The summed E-state index contributed by atoms with van der Waals surface area (Å²) in [6.45, 7) is 3.57. The molecule has 0 bridgehead atoms. The molecule has 1 unspecified atom stereocenters. The maximum absolute atomic E-state index is 12.6. The molecule has 2 saturated heterocycles. The minimum absolute atomic E-state index is 0.123. The molecule has 0 aromatic carbocycles. The predicted octanol–water partition coefficient (Wildman–Crippen LogP) is 1.47. The van der Waals surface area contributed by atoms with Crippen LogP contribution >= 0.6 is 23.1 Å². The van der Waals surface area contributed by atoms with E-state index >= 15 is 0 Å². The molecule has 1 atom stereocenters. The summed E-state index contributed by atoms with van der Waals surface area (Å²) >= 11 is 3.55. The summed E-state index contributed by atoms with van der Waals surface area (Å²) in [5.41, 5.74) is 0.912. The highest BCUT2D eigenvalue weighted by molar-refractivity contribution is 7.99. The van der Waals surface area contributed by atoms with Gasteiger partial charge in [-0.15, -0.1) is 0 Å². The van der Waals surface area contributed by atoms with Gasteiger partial charge in [0, 0.05) is 37.3 Å². The van der Waals surface area contributed by atoms with Crippen molar-refractivity contribution in [1.82, 2.24) is 14.9 Å². The second-order valence-electron chi connectivity index (χ2n) is 5.58. The molecule has 0 saturated carbocycles. The number of aromatic nitrogens is 2. The molecule has 4 heterocycles. The average molecular weight is 350 g/mol. The normalized spacial score (nSPS) is 22.5. The van der Waals surface area contributed by atoms with Crippen LogP contribution in [0, 0.1) is 0 Å². The van der Waals surface area contributed by atoms with Crippen molar-refractivity contribution in [2.45, 2.75) is 6.10 Å². The number of hydrogen-bond acceptors (Lipinski definition) is 7. The van der Waals surface area contributed by atoms with Gasteiger partial charge < -0.3 is 14.5 Å². The summed E-state index contributed by atoms with van der Waals surface area (Å²) in [5.74, 6) is 2.16. The first-order chi connectivity index (χ1) is 11.3. The Morgan fingerprint density at radius 1 is 1.30 bits per heavy atom. The third-order valence-corrected chi connectivity index (χ3v) is 6.15. The van der Waals surface area contributed by atoms with Crippen LogP contribution in [0.2, 0.25) is 0 Å². The lowest BCUT2D eigenvalue weighted by molar-refractivity contribution is -0.144. The molecule has 4 rings (SSSR count). The Kier molecular flexibility index (Phi) is 4.37. The average Bonchev–Trinajstić information content (AvgIpc) is 3.06. The number of morpholine rings is 1. The Morgan fingerprint density at radius 2 is 2.17 bits per heavy atom. The second kappa shape index (κ2) is 6.62. The van der Waals surface area contributed by atoms with E-state index in [-0.39, 0.29) is 12.0 Å². The number of nitrogens with zero attached hydrogens (tertiary/aromatic N) is 4. The lowest BCUT2D eigenvalue weighted by Crippen LogP contribution is -2.52. The van der Waals surface area contributed by atoms with Crippen LogP contribution in [0.1, 0.15) is 0 Å². The molecular weight excluding hydrogens is 332 g/mol. The molecule has 2 aromatic heterocycles. The minimum atomic E-state index is -0.378. The topological polar surface area (TPSA) is 58.6 Å². The molecule has 0 radical (unpaired) electrons. The van der Waals surface area contributed by atoms with Crippen molar-refractivity contribution in [3.8, 4) is 0 Å². The molecule has 23 heavy (non-hydrogen) atoms. The van der Waals surface area contributed by atoms with Crippen LogP contribution in [-0.2, 0) is 9.53 Å². The van der Waals surface area contributed by atoms with Crippen molar-refractivity contribution in [3.63, 3.8) is 0 Å². The summed E-state index contributed by atoms with van der Waals surface area (Å²) in [5, 5.41) is 0.947. The fourth-order valence-corrected chi connectivity index (χ4v) is 4.73. The molecule has 2 fully saturated rings. The summed E-state index contributed by atoms with van der Waals surface area (Å²) < 4.78 is 6.87. The fraction of sp³-hybridized carbons (Fsp3) is 0.533. The van der Waals surface area contributed by atoms with E-state index in [9.17, 15) is 4.79 Å². The zero-order valence-electron chi connectivity index (χ0n) is 12.7. The van der Waals surface area contributed by atoms with E-state index in [4.69, 9.17) is 4.74 Å². The molecule has 0 spiro atoms. The number of hydrogen-bond donors (Lipinski definition) is 0. The van der Waals surface area contributed by atoms with Crippen LogP contribution in [0.25, 0.3) is 10.2 Å².